The van der Waals surface area contributed by atoms with E-state index in [2.05, 4.69) is 0 Å². The molecule has 0 radical (unpaired) electrons. The van der Waals surface area contributed by atoms with E-state index < -0.39 is 16.6 Å². The van der Waals surface area contributed by atoms with Gasteiger partial charge in [-0.2, -0.15) is 0 Å². The number of aliphatic hydroxyl groups is 1. The fourth-order valence-corrected chi connectivity index (χ4v) is 2.86. The predicted molar refractivity (Wildman–Crippen MR) is 78.0 cm³/mol. The molecule has 1 fully saturated rings. The average molecular weight is 310 g/mol. The molecule has 0 saturated heterocycles. The normalized spacial score (nSPS) is 21.4. The number of nitrogens with zero attached hydrogens (tertiary/aromatic N) is 2. The molecule has 1 N–H and O–H groups in total. The number of nitro groups is 1. The number of benzene rings is 1. The Balaban J connectivity index is 2.09. The van der Waals surface area contributed by atoms with E-state index in [0.29, 0.717) is 0 Å². The molecule has 2 rings (SSSR count). The molecule has 0 unspecified atom stereocenters. The van der Waals surface area contributed by atoms with Gasteiger partial charge in [0.25, 0.3) is 11.6 Å². The van der Waals surface area contributed by atoms with Crippen LogP contribution in [0.25, 0.3) is 0 Å². The van der Waals surface area contributed by atoms with Crippen LogP contribution in [0.5, 0.6) is 0 Å². The van der Waals surface area contributed by atoms with E-state index in [0.717, 1.165) is 43.9 Å². The van der Waals surface area contributed by atoms with Crippen LogP contribution >= 0.6 is 0 Å². The van der Waals surface area contributed by atoms with E-state index in [1.807, 2.05) is 0 Å². The van der Waals surface area contributed by atoms with Crippen LogP contribution in [0.3, 0.4) is 0 Å². The van der Waals surface area contributed by atoms with E-state index in [9.17, 15) is 19.3 Å². The van der Waals surface area contributed by atoms with Crippen molar-refractivity contribution < 1.29 is 19.2 Å². The van der Waals surface area contributed by atoms with Crippen molar-refractivity contribution in [2.24, 2.45) is 5.92 Å². The Kier molecular flexibility index (Phi) is 5.07. The van der Waals surface area contributed by atoms with Crippen LogP contribution in [0, 0.1) is 21.8 Å². The van der Waals surface area contributed by atoms with Crippen molar-refractivity contribution in [2.45, 2.75) is 31.7 Å². The van der Waals surface area contributed by atoms with Gasteiger partial charge in [0.2, 0.25) is 0 Å². The minimum Gasteiger partial charge on any atom is -0.396 e. The highest BCUT2D eigenvalue weighted by Gasteiger charge is 2.28. The first kappa shape index (κ1) is 16.4. The van der Waals surface area contributed by atoms with E-state index in [1.165, 1.54) is 4.90 Å². The number of carbonyl (C=O) groups is 1. The van der Waals surface area contributed by atoms with Gasteiger partial charge in [0.15, 0.2) is 0 Å². The highest BCUT2D eigenvalue weighted by atomic mass is 19.1. The molecule has 1 saturated carbocycles. The molecule has 6 nitrogen and oxygen atoms in total. The maximum atomic E-state index is 13.9. The molecule has 7 heteroatoms. The van der Waals surface area contributed by atoms with Crippen LogP contribution in [0.15, 0.2) is 18.2 Å². The molecular formula is C15H19FN2O4. The molecule has 1 aromatic carbocycles. The van der Waals surface area contributed by atoms with Gasteiger partial charge in [-0.3, -0.25) is 14.9 Å². The first-order valence-corrected chi connectivity index (χ1v) is 7.26. The molecule has 1 amide bonds. The number of halogens is 1. The smallest absolute Gasteiger partial charge is 0.272 e. The van der Waals surface area contributed by atoms with Gasteiger partial charge >= 0.3 is 0 Å². The second-order valence-corrected chi connectivity index (χ2v) is 5.69. The highest BCUT2D eigenvalue weighted by molar-refractivity contribution is 5.94. The van der Waals surface area contributed by atoms with Crippen LogP contribution < -0.4 is 0 Å². The summed E-state index contributed by atoms with van der Waals surface area (Å²) >= 11 is 0. The molecule has 1 aliphatic carbocycles. The summed E-state index contributed by atoms with van der Waals surface area (Å²) in [5.74, 6) is -1.08. The Labute approximate surface area is 127 Å². The van der Waals surface area contributed by atoms with Crippen LogP contribution in [0.2, 0.25) is 0 Å². The van der Waals surface area contributed by atoms with Crippen LogP contribution in [0.4, 0.5) is 10.1 Å². The monoisotopic (exact) mass is 310 g/mol. The standard InChI is InChI=1S/C15H19FN2O4/c1-17(11-4-2-10(9-19)3-5-11)15(20)13-7-6-12(18(21)22)8-14(13)16/h6-8,10-11,19H,2-5,9H2,1H3. The summed E-state index contributed by atoms with van der Waals surface area (Å²) in [6.07, 6.45) is 3.20. The third-order valence-electron chi connectivity index (χ3n) is 4.34. The predicted octanol–water partition coefficient (Wildman–Crippen LogP) is 2.36. The number of nitro benzene ring substituents is 1. The Morgan fingerprint density at radius 3 is 2.55 bits per heavy atom. The molecule has 22 heavy (non-hydrogen) atoms. The minimum atomic E-state index is -0.880. The molecule has 0 heterocycles. The van der Waals surface area contributed by atoms with Crippen LogP contribution in [-0.4, -0.2) is 40.5 Å². The molecule has 0 aliphatic heterocycles. The second kappa shape index (κ2) is 6.83. The molecule has 0 spiro atoms. The Morgan fingerprint density at radius 1 is 1.41 bits per heavy atom. The van der Waals surface area contributed by atoms with Crippen molar-refractivity contribution >= 4 is 11.6 Å². The van der Waals surface area contributed by atoms with E-state index >= 15 is 0 Å². The zero-order valence-electron chi connectivity index (χ0n) is 12.4. The van der Waals surface area contributed by atoms with Gasteiger partial charge in [0.05, 0.1) is 16.6 Å². The Bertz CT molecular complexity index is 571. The number of hydrogen-bond donors (Lipinski definition) is 1. The van der Waals surface area contributed by atoms with Gasteiger partial charge in [-0.15, -0.1) is 0 Å². The van der Waals surface area contributed by atoms with Crippen molar-refractivity contribution in [3.8, 4) is 0 Å². The first-order chi connectivity index (χ1) is 10.4. The van der Waals surface area contributed by atoms with Crippen molar-refractivity contribution in [3.05, 3.63) is 39.7 Å². The molecule has 1 aliphatic rings. The van der Waals surface area contributed by atoms with Gasteiger partial charge < -0.3 is 10.0 Å². The van der Waals surface area contributed by atoms with Crippen LogP contribution in [-0.2, 0) is 0 Å². The van der Waals surface area contributed by atoms with Crippen molar-refractivity contribution in [1.29, 1.82) is 0 Å². The van der Waals surface area contributed by atoms with E-state index in [-0.39, 0.29) is 29.8 Å². The molecule has 0 atom stereocenters. The number of rotatable bonds is 4. The van der Waals surface area contributed by atoms with Gasteiger partial charge in [0, 0.05) is 25.8 Å². The topological polar surface area (TPSA) is 83.7 Å². The number of aliphatic hydroxyl groups excluding tert-OH is 1. The lowest BCUT2D eigenvalue weighted by Crippen LogP contribution is -2.40. The lowest BCUT2D eigenvalue weighted by molar-refractivity contribution is -0.385. The lowest BCUT2D eigenvalue weighted by Gasteiger charge is -2.34. The van der Waals surface area contributed by atoms with Gasteiger partial charge in [-0.1, -0.05) is 0 Å². The highest BCUT2D eigenvalue weighted by Crippen LogP contribution is 2.28. The van der Waals surface area contributed by atoms with Gasteiger partial charge in [-0.25, -0.2) is 4.39 Å². The lowest BCUT2D eigenvalue weighted by atomic mass is 9.86. The minimum absolute atomic E-state index is 0.00453. The third-order valence-corrected chi connectivity index (χ3v) is 4.34. The molecular weight excluding hydrogens is 291 g/mol. The summed E-state index contributed by atoms with van der Waals surface area (Å²) in [4.78, 5) is 23.8. The summed E-state index contributed by atoms with van der Waals surface area (Å²) < 4.78 is 13.9. The number of non-ortho nitro benzene ring substituents is 1. The second-order valence-electron chi connectivity index (χ2n) is 5.69. The SMILES string of the molecule is CN(C(=O)c1ccc([N+](=O)[O-])cc1F)C1CCC(CO)CC1. The Hall–Kier alpha value is -2.02. The molecule has 1 aromatic rings. The number of carbonyl (C=O) groups excluding carboxylic acids is 1. The largest absolute Gasteiger partial charge is 0.396 e. The van der Waals surface area contributed by atoms with Crippen molar-refractivity contribution in [2.75, 3.05) is 13.7 Å². The number of amides is 1. The maximum absolute atomic E-state index is 13.9. The molecule has 0 bridgehead atoms. The third kappa shape index (κ3) is 3.41. The van der Waals surface area contributed by atoms with E-state index in [1.54, 1.807) is 7.05 Å². The van der Waals surface area contributed by atoms with E-state index in [4.69, 9.17) is 5.11 Å². The quantitative estimate of drug-likeness (QED) is 0.683. The van der Waals surface area contributed by atoms with Crippen molar-refractivity contribution in [1.82, 2.24) is 4.90 Å². The van der Waals surface area contributed by atoms with Gasteiger partial charge in [0.1, 0.15) is 5.82 Å². The maximum Gasteiger partial charge on any atom is 0.272 e. The molecule has 120 valence electrons. The average Bonchev–Trinajstić information content (AvgIpc) is 2.53. The summed E-state index contributed by atoms with van der Waals surface area (Å²) in [7, 11) is 1.62. The zero-order chi connectivity index (χ0) is 16.3. The summed E-state index contributed by atoms with van der Waals surface area (Å²) in [5.41, 5.74) is -0.530. The molecule has 0 aromatic heterocycles. The summed E-state index contributed by atoms with van der Waals surface area (Å²) in [6.45, 7) is 0.154. The summed E-state index contributed by atoms with van der Waals surface area (Å²) in [6, 6.07) is 3.06. The van der Waals surface area contributed by atoms with Crippen LogP contribution in [0.1, 0.15) is 36.0 Å². The number of hydrogen-bond acceptors (Lipinski definition) is 4. The van der Waals surface area contributed by atoms with Crippen molar-refractivity contribution in [3.63, 3.8) is 0 Å². The zero-order valence-corrected chi connectivity index (χ0v) is 12.4. The Morgan fingerprint density at radius 2 is 2.05 bits per heavy atom. The first-order valence-electron chi connectivity index (χ1n) is 7.26. The fraction of sp³-hybridized carbons (Fsp3) is 0.533. The fourth-order valence-electron chi connectivity index (χ4n) is 2.86. The summed E-state index contributed by atoms with van der Waals surface area (Å²) in [5, 5.41) is 19.7. The van der Waals surface area contributed by atoms with Gasteiger partial charge in [-0.05, 0) is 37.7 Å².